The van der Waals surface area contributed by atoms with Gasteiger partial charge in [0, 0.05) is 45.0 Å². The van der Waals surface area contributed by atoms with E-state index in [2.05, 4.69) is 27.8 Å². The van der Waals surface area contributed by atoms with Crippen molar-refractivity contribution < 1.29 is 4.79 Å². The van der Waals surface area contributed by atoms with Crippen LogP contribution < -0.4 is 4.90 Å². The Bertz CT molecular complexity index is 618. The van der Waals surface area contributed by atoms with Gasteiger partial charge < -0.3 is 9.80 Å². The lowest BCUT2D eigenvalue weighted by atomic mass is 10.0. The molecular formula is C18H25N5O. The van der Waals surface area contributed by atoms with E-state index in [1.165, 1.54) is 6.42 Å². The number of amides is 1. The second-order valence-corrected chi connectivity index (χ2v) is 6.68. The van der Waals surface area contributed by atoms with Crippen molar-refractivity contribution in [2.45, 2.75) is 32.2 Å². The molecule has 1 atom stereocenters. The fraction of sp³-hybridized carbons (Fsp3) is 0.611. The third-order valence-electron chi connectivity index (χ3n) is 5.06. The fourth-order valence-corrected chi connectivity index (χ4v) is 3.60. The SMILES string of the molecule is C[C@H]1CCCCN1C(=O)CN1CCN(c2ncccc2C#N)CC1. The highest BCUT2D eigenvalue weighted by atomic mass is 16.2. The van der Waals surface area contributed by atoms with Gasteiger partial charge in [-0.05, 0) is 38.3 Å². The van der Waals surface area contributed by atoms with Crippen LogP contribution in [0.5, 0.6) is 0 Å². The summed E-state index contributed by atoms with van der Waals surface area (Å²) in [6, 6.07) is 6.17. The van der Waals surface area contributed by atoms with Gasteiger partial charge in [-0.2, -0.15) is 5.26 Å². The van der Waals surface area contributed by atoms with Crippen molar-refractivity contribution >= 4 is 11.7 Å². The van der Waals surface area contributed by atoms with Crippen molar-refractivity contribution in [3.8, 4) is 6.07 Å². The molecule has 0 aromatic carbocycles. The summed E-state index contributed by atoms with van der Waals surface area (Å²) in [5.41, 5.74) is 0.615. The van der Waals surface area contributed by atoms with Crippen LogP contribution >= 0.6 is 0 Å². The number of pyridine rings is 1. The summed E-state index contributed by atoms with van der Waals surface area (Å²) in [4.78, 5) is 23.3. The molecule has 1 amide bonds. The number of nitriles is 1. The van der Waals surface area contributed by atoms with Gasteiger partial charge in [-0.1, -0.05) is 0 Å². The molecule has 128 valence electrons. The Morgan fingerprint density at radius 2 is 2.08 bits per heavy atom. The molecule has 1 aromatic rings. The van der Waals surface area contributed by atoms with Gasteiger partial charge >= 0.3 is 0 Å². The molecule has 2 aliphatic heterocycles. The first-order valence-corrected chi connectivity index (χ1v) is 8.81. The monoisotopic (exact) mass is 327 g/mol. The van der Waals surface area contributed by atoms with Crippen LogP contribution in [0.3, 0.4) is 0 Å². The van der Waals surface area contributed by atoms with Crippen molar-refractivity contribution in [2.75, 3.05) is 44.2 Å². The normalized spacial score (nSPS) is 22.2. The summed E-state index contributed by atoms with van der Waals surface area (Å²) in [5.74, 6) is 1.02. The number of carbonyl (C=O) groups is 1. The highest BCUT2D eigenvalue weighted by Crippen LogP contribution is 2.19. The van der Waals surface area contributed by atoms with Crippen LogP contribution in [0.1, 0.15) is 31.7 Å². The largest absolute Gasteiger partial charge is 0.353 e. The number of piperidine rings is 1. The Kier molecular flexibility index (Phi) is 5.31. The topological polar surface area (TPSA) is 63.5 Å². The van der Waals surface area contributed by atoms with Crippen molar-refractivity contribution in [1.29, 1.82) is 5.26 Å². The van der Waals surface area contributed by atoms with Crippen LogP contribution in [0.25, 0.3) is 0 Å². The molecule has 0 unspecified atom stereocenters. The quantitative estimate of drug-likeness (QED) is 0.841. The molecule has 0 aliphatic carbocycles. The van der Waals surface area contributed by atoms with Gasteiger partial charge in [-0.3, -0.25) is 9.69 Å². The van der Waals surface area contributed by atoms with Crippen LogP contribution in [0.15, 0.2) is 18.3 Å². The van der Waals surface area contributed by atoms with Gasteiger partial charge in [-0.25, -0.2) is 4.98 Å². The van der Waals surface area contributed by atoms with Crippen LogP contribution in [0.4, 0.5) is 5.82 Å². The number of aromatic nitrogens is 1. The van der Waals surface area contributed by atoms with Crippen molar-refractivity contribution in [3.05, 3.63) is 23.9 Å². The van der Waals surface area contributed by atoms with Crippen LogP contribution in [-0.4, -0.2) is 66.0 Å². The molecule has 2 aliphatic rings. The molecule has 6 heteroatoms. The summed E-state index contributed by atoms with van der Waals surface area (Å²) in [7, 11) is 0. The number of carbonyl (C=O) groups excluding carboxylic acids is 1. The van der Waals surface area contributed by atoms with Crippen LogP contribution in [0.2, 0.25) is 0 Å². The molecule has 2 fully saturated rings. The number of piperazine rings is 1. The van der Waals surface area contributed by atoms with Gasteiger partial charge in [0.05, 0.1) is 12.1 Å². The van der Waals surface area contributed by atoms with Crippen molar-refractivity contribution in [1.82, 2.24) is 14.8 Å². The molecule has 0 N–H and O–H groups in total. The Labute approximate surface area is 143 Å². The van der Waals surface area contributed by atoms with Crippen molar-refractivity contribution in [3.63, 3.8) is 0 Å². The maximum atomic E-state index is 12.5. The average molecular weight is 327 g/mol. The Morgan fingerprint density at radius 1 is 1.29 bits per heavy atom. The summed E-state index contributed by atoms with van der Waals surface area (Å²) >= 11 is 0. The first kappa shape index (κ1) is 16.7. The number of rotatable bonds is 3. The lowest BCUT2D eigenvalue weighted by Crippen LogP contribution is -2.52. The third kappa shape index (κ3) is 3.68. The number of likely N-dealkylation sites (tertiary alicyclic amines) is 1. The minimum absolute atomic E-state index is 0.256. The van der Waals surface area contributed by atoms with Gasteiger partial charge in [0.1, 0.15) is 11.9 Å². The lowest BCUT2D eigenvalue weighted by molar-refractivity contribution is -0.135. The first-order chi connectivity index (χ1) is 11.7. The van der Waals surface area contributed by atoms with E-state index in [9.17, 15) is 10.1 Å². The molecule has 2 saturated heterocycles. The zero-order valence-electron chi connectivity index (χ0n) is 14.3. The number of nitrogens with zero attached hydrogens (tertiary/aromatic N) is 5. The summed E-state index contributed by atoms with van der Waals surface area (Å²) < 4.78 is 0. The maximum absolute atomic E-state index is 12.5. The number of hydrogen-bond donors (Lipinski definition) is 0. The zero-order valence-corrected chi connectivity index (χ0v) is 14.3. The van der Waals surface area contributed by atoms with Gasteiger partial charge in [0.25, 0.3) is 0 Å². The minimum Gasteiger partial charge on any atom is -0.353 e. The van der Waals surface area contributed by atoms with E-state index in [1.807, 2.05) is 4.90 Å². The lowest BCUT2D eigenvalue weighted by Gasteiger charge is -2.38. The molecule has 0 bridgehead atoms. The van der Waals surface area contributed by atoms with E-state index in [-0.39, 0.29) is 5.91 Å². The molecule has 3 rings (SSSR count). The Morgan fingerprint density at radius 3 is 2.79 bits per heavy atom. The van der Waals surface area contributed by atoms with Crippen molar-refractivity contribution in [2.24, 2.45) is 0 Å². The summed E-state index contributed by atoms with van der Waals surface area (Å²) in [5, 5.41) is 9.21. The second kappa shape index (κ2) is 7.63. The highest BCUT2D eigenvalue weighted by Gasteiger charge is 2.26. The smallest absolute Gasteiger partial charge is 0.236 e. The molecule has 0 saturated carbocycles. The van der Waals surface area contributed by atoms with Crippen LogP contribution in [0, 0.1) is 11.3 Å². The van der Waals surface area contributed by atoms with Crippen LogP contribution in [-0.2, 0) is 4.79 Å². The first-order valence-electron chi connectivity index (χ1n) is 8.81. The van der Waals surface area contributed by atoms with E-state index < -0.39 is 0 Å². The van der Waals surface area contributed by atoms with E-state index in [1.54, 1.807) is 18.3 Å². The number of anilines is 1. The van der Waals surface area contributed by atoms with E-state index >= 15 is 0 Å². The highest BCUT2D eigenvalue weighted by molar-refractivity contribution is 5.78. The predicted octanol–water partition coefficient (Wildman–Crippen LogP) is 1.48. The minimum atomic E-state index is 0.256. The molecule has 0 spiro atoms. The van der Waals surface area contributed by atoms with E-state index in [4.69, 9.17) is 0 Å². The number of hydrogen-bond acceptors (Lipinski definition) is 5. The standard InChI is InChI=1S/C18H25N5O/c1-15-5-2-3-8-23(15)17(24)14-21-9-11-22(12-10-21)18-16(13-19)6-4-7-20-18/h4,6-7,15H,2-3,5,8-12,14H2,1H3/t15-/m0/s1. The van der Waals surface area contributed by atoms with Gasteiger partial charge in [0.15, 0.2) is 0 Å². The fourth-order valence-electron chi connectivity index (χ4n) is 3.60. The zero-order chi connectivity index (χ0) is 16.9. The molecular weight excluding hydrogens is 302 g/mol. The van der Waals surface area contributed by atoms with E-state index in [0.717, 1.165) is 51.4 Å². The predicted molar refractivity (Wildman–Crippen MR) is 92.6 cm³/mol. The summed E-state index contributed by atoms with van der Waals surface area (Å²) in [6.45, 7) is 6.82. The molecule has 1 aromatic heterocycles. The molecule has 24 heavy (non-hydrogen) atoms. The Hall–Kier alpha value is -2.13. The second-order valence-electron chi connectivity index (χ2n) is 6.68. The molecule has 0 radical (unpaired) electrons. The molecule has 6 nitrogen and oxygen atoms in total. The molecule has 3 heterocycles. The summed E-state index contributed by atoms with van der Waals surface area (Å²) in [6.07, 6.45) is 5.20. The Balaban J connectivity index is 1.54. The van der Waals surface area contributed by atoms with E-state index in [0.29, 0.717) is 18.2 Å². The van der Waals surface area contributed by atoms with Gasteiger partial charge in [-0.15, -0.1) is 0 Å². The third-order valence-corrected chi connectivity index (χ3v) is 5.06. The average Bonchev–Trinajstić information content (AvgIpc) is 2.62. The van der Waals surface area contributed by atoms with Gasteiger partial charge in [0.2, 0.25) is 5.91 Å². The maximum Gasteiger partial charge on any atom is 0.236 e.